The van der Waals surface area contributed by atoms with Crippen LogP contribution < -0.4 is 15.5 Å². The standard InChI is InChI=1S/C19H30N4O3S/c1-5-20-18(22-14-19(2,3)27(4,25)26)21-13-15-8-10-16(11-9-15)23-12-6-7-17(23)24/h8-11H,5-7,12-14H2,1-4H3,(H2,20,21,22). The minimum Gasteiger partial charge on any atom is -0.357 e. The van der Waals surface area contributed by atoms with Gasteiger partial charge in [-0.25, -0.2) is 13.4 Å². The van der Waals surface area contributed by atoms with Crippen molar-refractivity contribution in [2.45, 2.75) is 44.9 Å². The number of rotatable bonds is 7. The zero-order chi connectivity index (χ0) is 20.1. The van der Waals surface area contributed by atoms with E-state index in [2.05, 4.69) is 15.6 Å². The fourth-order valence-corrected chi connectivity index (χ4v) is 2.98. The molecule has 0 bridgehead atoms. The van der Waals surface area contributed by atoms with Gasteiger partial charge in [-0.1, -0.05) is 12.1 Å². The van der Waals surface area contributed by atoms with Gasteiger partial charge in [-0.2, -0.15) is 0 Å². The van der Waals surface area contributed by atoms with Crippen molar-refractivity contribution in [1.29, 1.82) is 0 Å². The van der Waals surface area contributed by atoms with Crippen LogP contribution in [0, 0.1) is 0 Å². The Labute approximate surface area is 162 Å². The number of anilines is 1. The summed E-state index contributed by atoms with van der Waals surface area (Å²) in [5.41, 5.74) is 1.94. The minimum absolute atomic E-state index is 0.174. The van der Waals surface area contributed by atoms with Crippen LogP contribution in [0.3, 0.4) is 0 Å². The van der Waals surface area contributed by atoms with Crippen molar-refractivity contribution in [1.82, 2.24) is 10.6 Å². The lowest BCUT2D eigenvalue weighted by Crippen LogP contribution is -2.47. The third-order valence-electron chi connectivity index (χ3n) is 4.77. The molecule has 0 aliphatic carbocycles. The first kappa shape index (κ1) is 21.2. The molecule has 150 valence electrons. The number of carbonyl (C=O) groups is 1. The molecular weight excluding hydrogens is 364 g/mol. The van der Waals surface area contributed by atoms with Crippen molar-refractivity contribution in [3.63, 3.8) is 0 Å². The summed E-state index contributed by atoms with van der Waals surface area (Å²) < 4.78 is 22.8. The molecule has 7 nitrogen and oxygen atoms in total. The highest BCUT2D eigenvalue weighted by Gasteiger charge is 2.30. The van der Waals surface area contributed by atoms with Crippen molar-refractivity contribution in [2.24, 2.45) is 4.99 Å². The third-order valence-corrected chi connectivity index (χ3v) is 6.92. The molecule has 8 heteroatoms. The fraction of sp³-hybridized carbons (Fsp3) is 0.579. The Balaban J connectivity index is 2.00. The highest BCUT2D eigenvalue weighted by molar-refractivity contribution is 7.92. The van der Waals surface area contributed by atoms with Crippen molar-refractivity contribution in [3.8, 4) is 0 Å². The molecule has 0 aromatic heterocycles. The lowest BCUT2D eigenvalue weighted by atomic mass is 10.2. The number of amides is 1. The van der Waals surface area contributed by atoms with Crippen LogP contribution in [0.2, 0.25) is 0 Å². The molecule has 0 spiro atoms. The van der Waals surface area contributed by atoms with E-state index in [1.165, 1.54) is 6.26 Å². The van der Waals surface area contributed by atoms with Gasteiger partial charge in [0.15, 0.2) is 15.8 Å². The second-order valence-electron chi connectivity index (χ2n) is 7.40. The van der Waals surface area contributed by atoms with E-state index in [0.717, 1.165) is 24.2 Å². The van der Waals surface area contributed by atoms with Gasteiger partial charge in [0.25, 0.3) is 0 Å². The van der Waals surface area contributed by atoms with E-state index in [1.807, 2.05) is 36.1 Å². The molecular formula is C19H30N4O3S. The Hall–Kier alpha value is -2.09. The summed E-state index contributed by atoms with van der Waals surface area (Å²) in [6.45, 7) is 7.54. The summed E-state index contributed by atoms with van der Waals surface area (Å²) in [6.07, 6.45) is 2.77. The summed E-state index contributed by atoms with van der Waals surface area (Å²) >= 11 is 0. The number of carbonyl (C=O) groups excluding carboxylic acids is 1. The molecule has 2 rings (SSSR count). The number of guanidine groups is 1. The summed E-state index contributed by atoms with van der Waals surface area (Å²) in [6, 6.07) is 7.82. The predicted molar refractivity (Wildman–Crippen MR) is 110 cm³/mol. The summed E-state index contributed by atoms with van der Waals surface area (Å²) in [7, 11) is -3.18. The highest BCUT2D eigenvalue weighted by atomic mass is 32.2. The van der Waals surface area contributed by atoms with Gasteiger partial charge in [0.2, 0.25) is 5.91 Å². The van der Waals surface area contributed by atoms with E-state index in [0.29, 0.717) is 25.5 Å². The molecule has 27 heavy (non-hydrogen) atoms. The van der Waals surface area contributed by atoms with Crippen molar-refractivity contribution < 1.29 is 13.2 Å². The van der Waals surface area contributed by atoms with Crippen LogP contribution in [0.5, 0.6) is 0 Å². The fourth-order valence-electron chi connectivity index (χ4n) is 2.64. The normalized spacial score (nSPS) is 15.9. The van der Waals surface area contributed by atoms with Gasteiger partial charge >= 0.3 is 0 Å². The van der Waals surface area contributed by atoms with Crippen LogP contribution in [0.1, 0.15) is 39.2 Å². The monoisotopic (exact) mass is 394 g/mol. The molecule has 0 atom stereocenters. The van der Waals surface area contributed by atoms with Gasteiger partial charge in [-0.15, -0.1) is 0 Å². The molecule has 0 saturated carbocycles. The number of benzene rings is 1. The number of aliphatic imine (C=N–C) groups is 1. The number of nitrogens with one attached hydrogen (secondary N) is 2. The number of hydrogen-bond donors (Lipinski definition) is 2. The molecule has 1 aliphatic heterocycles. The summed E-state index contributed by atoms with van der Waals surface area (Å²) in [5, 5.41) is 6.24. The summed E-state index contributed by atoms with van der Waals surface area (Å²) in [5.74, 6) is 0.751. The van der Waals surface area contributed by atoms with E-state index in [9.17, 15) is 13.2 Å². The molecule has 2 N–H and O–H groups in total. The van der Waals surface area contributed by atoms with Gasteiger partial charge in [0, 0.05) is 38.0 Å². The van der Waals surface area contributed by atoms with Crippen LogP contribution >= 0.6 is 0 Å². The SMILES string of the molecule is CCNC(=NCc1ccc(N2CCCC2=O)cc1)NCC(C)(C)S(C)(=O)=O. The number of sulfone groups is 1. The predicted octanol–water partition coefficient (Wildman–Crippen LogP) is 1.69. The first-order valence-corrected chi connectivity index (χ1v) is 11.1. The second kappa shape index (κ2) is 8.73. The maximum Gasteiger partial charge on any atom is 0.227 e. The quantitative estimate of drug-likeness (QED) is 0.542. The van der Waals surface area contributed by atoms with Crippen LogP contribution in [0.4, 0.5) is 5.69 Å². The molecule has 1 amide bonds. The minimum atomic E-state index is -3.18. The lowest BCUT2D eigenvalue weighted by molar-refractivity contribution is -0.117. The highest BCUT2D eigenvalue weighted by Crippen LogP contribution is 2.21. The second-order valence-corrected chi connectivity index (χ2v) is 10.0. The molecule has 1 heterocycles. The zero-order valence-corrected chi connectivity index (χ0v) is 17.4. The van der Waals surface area contributed by atoms with Crippen molar-refractivity contribution >= 4 is 27.4 Å². The third kappa shape index (κ3) is 5.69. The largest absolute Gasteiger partial charge is 0.357 e. The molecule has 0 radical (unpaired) electrons. The first-order chi connectivity index (χ1) is 12.6. The smallest absolute Gasteiger partial charge is 0.227 e. The van der Waals surface area contributed by atoms with Crippen LogP contribution in [0.15, 0.2) is 29.3 Å². The van der Waals surface area contributed by atoms with Crippen LogP contribution in [-0.2, 0) is 21.2 Å². The first-order valence-electron chi connectivity index (χ1n) is 9.25. The van der Waals surface area contributed by atoms with Gasteiger partial charge in [0.1, 0.15) is 0 Å². The van der Waals surface area contributed by atoms with Gasteiger partial charge < -0.3 is 15.5 Å². The maximum absolute atomic E-state index is 11.8. The molecule has 0 unspecified atom stereocenters. The van der Waals surface area contributed by atoms with E-state index in [1.54, 1.807) is 13.8 Å². The Kier molecular flexibility index (Phi) is 6.86. The van der Waals surface area contributed by atoms with Crippen LogP contribution in [0.25, 0.3) is 0 Å². The van der Waals surface area contributed by atoms with Crippen molar-refractivity contribution in [3.05, 3.63) is 29.8 Å². The summed E-state index contributed by atoms with van der Waals surface area (Å²) in [4.78, 5) is 18.2. The molecule has 1 aliphatic rings. The Morgan fingerprint density at radius 2 is 1.89 bits per heavy atom. The molecule has 1 fully saturated rings. The van der Waals surface area contributed by atoms with Crippen molar-refractivity contribution in [2.75, 3.05) is 30.8 Å². The van der Waals surface area contributed by atoms with Gasteiger partial charge in [-0.05, 0) is 44.9 Å². The van der Waals surface area contributed by atoms with E-state index < -0.39 is 14.6 Å². The number of nitrogens with zero attached hydrogens (tertiary/aromatic N) is 2. The molecule has 1 aromatic rings. The zero-order valence-electron chi connectivity index (χ0n) is 16.6. The van der Waals surface area contributed by atoms with Gasteiger partial charge in [0.05, 0.1) is 11.3 Å². The van der Waals surface area contributed by atoms with E-state index in [-0.39, 0.29) is 12.5 Å². The van der Waals surface area contributed by atoms with Crippen LogP contribution in [-0.4, -0.2) is 50.9 Å². The average molecular weight is 395 g/mol. The molecule has 1 aromatic carbocycles. The Morgan fingerprint density at radius 3 is 2.41 bits per heavy atom. The van der Waals surface area contributed by atoms with E-state index in [4.69, 9.17) is 0 Å². The number of hydrogen-bond acceptors (Lipinski definition) is 4. The van der Waals surface area contributed by atoms with Gasteiger partial charge in [-0.3, -0.25) is 4.79 Å². The Morgan fingerprint density at radius 1 is 1.22 bits per heavy atom. The topological polar surface area (TPSA) is 90.9 Å². The Bertz CT molecular complexity index is 786. The maximum atomic E-state index is 11.8. The lowest BCUT2D eigenvalue weighted by Gasteiger charge is -2.24. The molecule has 1 saturated heterocycles. The average Bonchev–Trinajstić information content (AvgIpc) is 3.03. The van der Waals surface area contributed by atoms with E-state index >= 15 is 0 Å².